The first kappa shape index (κ1) is 15.5. The Morgan fingerprint density at radius 2 is 1.68 bits per heavy atom. The lowest BCUT2D eigenvalue weighted by Crippen LogP contribution is -2.49. The molecule has 0 atom stereocenters. The summed E-state index contributed by atoms with van der Waals surface area (Å²) >= 11 is 0. The fourth-order valence-corrected chi connectivity index (χ4v) is 3.31. The Labute approximate surface area is 132 Å². The summed E-state index contributed by atoms with van der Waals surface area (Å²) in [6.07, 6.45) is 2.33. The maximum atomic E-state index is 12.2. The second kappa shape index (κ2) is 6.79. The van der Waals surface area contributed by atoms with Crippen molar-refractivity contribution in [3.63, 3.8) is 0 Å². The summed E-state index contributed by atoms with van der Waals surface area (Å²) in [6.45, 7) is 11.3. The third kappa shape index (κ3) is 3.50. The van der Waals surface area contributed by atoms with Gasteiger partial charge in [0.1, 0.15) is 5.76 Å². The third-order valence-corrected chi connectivity index (χ3v) is 4.85. The van der Waals surface area contributed by atoms with Crippen molar-refractivity contribution in [2.45, 2.75) is 33.2 Å². The third-order valence-electron chi connectivity index (χ3n) is 4.85. The molecule has 2 saturated heterocycles. The van der Waals surface area contributed by atoms with E-state index in [4.69, 9.17) is 4.52 Å². The number of piperazine rings is 1. The van der Waals surface area contributed by atoms with Gasteiger partial charge in [0.2, 0.25) is 5.91 Å². The molecule has 0 radical (unpaired) electrons. The first-order chi connectivity index (χ1) is 10.6. The minimum absolute atomic E-state index is 0.302. The second-order valence-corrected chi connectivity index (χ2v) is 6.44. The van der Waals surface area contributed by atoms with Gasteiger partial charge in [0.05, 0.1) is 12.2 Å². The molecule has 6 heteroatoms. The smallest absolute Gasteiger partial charge is 0.236 e. The van der Waals surface area contributed by atoms with Crippen LogP contribution in [-0.2, 0) is 11.3 Å². The van der Waals surface area contributed by atoms with Crippen molar-refractivity contribution >= 4 is 5.91 Å². The molecule has 0 bridgehead atoms. The van der Waals surface area contributed by atoms with Crippen LogP contribution in [0.1, 0.15) is 29.9 Å². The Morgan fingerprint density at radius 3 is 2.27 bits per heavy atom. The molecule has 0 unspecified atom stereocenters. The molecule has 0 saturated carbocycles. The van der Waals surface area contributed by atoms with E-state index in [2.05, 4.69) is 15.0 Å². The van der Waals surface area contributed by atoms with Gasteiger partial charge in [-0.1, -0.05) is 5.16 Å². The summed E-state index contributed by atoms with van der Waals surface area (Å²) in [5.74, 6) is 1.22. The Kier molecular flexibility index (Phi) is 4.78. The highest BCUT2D eigenvalue weighted by molar-refractivity contribution is 5.78. The molecular formula is C16H26N4O2. The highest BCUT2D eigenvalue weighted by Gasteiger charge is 2.24. The molecule has 3 heterocycles. The lowest BCUT2D eigenvalue weighted by Gasteiger charge is -2.34. The molecule has 2 aliphatic heterocycles. The van der Waals surface area contributed by atoms with Gasteiger partial charge in [0.25, 0.3) is 0 Å². The molecular weight excluding hydrogens is 280 g/mol. The van der Waals surface area contributed by atoms with Crippen molar-refractivity contribution in [1.29, 1.82) is 0 Å². The summed E-state index contributed by atoms with van der Waals surface area (Å²) in [5, 5.41) is 4.02. The van der Waals surface area contributed by atoms with E-state index in [1.54, 1.807) is 0 Å². The molecule has 0 aliphatic carbocycles. The van der Waals surface area contributed by atoms with Crippen LogP contribution in [0.25, 0.3) is 0 Å². The lowest BCUT2D eigenvalue weighted by molar-refractivity contribution is -0.131. The van der Waals surface area contributed by atoms with Crippen molar-refractivity contribution < 1.29 is 9.32 Å². The zero-order valence-electron chi connectivity index (χ0n) is 13.7. The summed E-state index contributed by atoms with van der Waals surface area (Å²) in [5.41, 5.74) is 2.20. The molecule has 122 valence electrons. The van der Waals surface area contributed by atoms with E-state index < -0.39 is 0 Å². The fourth-order valence-electron chi connectivity index (χ4n) is 3.31. The second-order valence-electron chi connectivity index (χ2n) is 6.44. The average molecular weight is 306 g/mol. The number of nitrogens with zero attached hydrogens (tertiary/aromatic N) is 4. The minimum atomic E-state index is 0.302. The highest BCUT2D eigenvalue weighted by atomic mass is 16.5. The standard InChI is InChI=1S/C16H26N4O2/c1-13-15(14(2)22-17-13)11-18-7-9-19(10-8-18)12-16(21)20-5-3-4-6-20/h3-12H2,1-2H3. The first-order valence-electron chi connectivity index (χ1n) is 8.27. The van der Waals surface area contributed by atoms with Crippen LogP contribution in [0.15, 0.2) is 4.52 Å². The summed E-state index contributed by atoms with van der Waals surface area (Å²) in [6, 6.07) is 0. The van der Waals surface area contributed by atoms with Gasteiger partial charge in [-0.3, -0.25) is 14.6 Å². The van der Waals surface area contributed by atoms with Crippen molar-refractivity contribution in [3.8, 4) is 0 Å². The number of carbonyl (C=O) groups is 1. The van der Waals surface area contributed by atoms with Crippen LogP contribution in [0.2, 0.25) is 0 Å². The number of carbonyl (C=O) groups excluding carboxylic acids is 1. The lowest BCUT2D eigenvalue weighted by atomic mass is 10.2. The van der Waals surface area contributed by atoms with Gasteiger partial charge >= 0.3 is 0 Å². The number of hydrogen-bond donors (Lipinski definition) is 0. The summed E-state index contributed by atoms with van der Waals surface area (Å²) in [7, 11) is 0. The fraction of sp³-hybridized carbons (Fsp3) is 0.750. The molecule has 0 N–H and O–H groups in total. The van der Waals surface area contributed by atoms with E-state index in [9.17, 15) is 4.79 Å². The van der Waals surface area contributed by atoms with Gasteiger partial charge in [0.15, 0.2) is 0 Å². The van der Waals surface area contributed by atoms with E-state index in [-0.39, 0.29) is 0 Å². The predicted molar refractivity (Wildman–Crippen MR) is 83.5 cm³/mol. The Balaban J connectivity index is 1.45. The molecule has 6 nitrogen and oxygen atoms in total. The molecule has 1 aromatic heterocycles. The zero-order chi connectivity index (χ0) is 15.5. The van der Waals surface area contributed by atoms with Crippen molar-refractivity contribution in [1.82, 2.24) is 19.9 Å². The monoisotopic (exact) mass is 306 g/mol. The molecule has 22 heavy (non-hydrogen) atoms. The largest absolute Gasteiger partial charge is 0.361 e. The van der Waals surface area contributed by atoms with Crippen LogP contribution in [0.3, 0.4) is 0 Å². The number of rotatable bonds is 4. The maximum Gasteiger partial charge on any atom is 0.236 e. The summed E-state index contributed by atoms with van der Waals surface area (Å²) in [4.78, 5) is 18.9. The van der Waals surface area contributed by atoms with Crippen LogP contribution >= 0.6 is 0 Å². The van der Waals surface area contributed by atoms with E-state index in [1.807, 2.05) is 18.7 Å². The molecule has 1 aromatic rings. The summed E-state index contributed by atoms with van der Waals surface area (Å²) < 4.78 is 5.23. The highest BCUT2D eigenvalue weighted by Crippen LogP contribution is 2.16. The van der Waals surface area contributed by atoms with Crippen molar-refractivity contribution in [2.75, 3.05) is 45.8 Å². The Morgan fingerprint density at radius 1 is 1.05 bits per heavy atom. The molecule has 2 aliphatic rings. The van der Waals surface area contributed by atoms with Crippen molar-refractivity contribution in [3.05, 3.63) is 17.0 Å². The molecule has 0 spiro atoms. The van der Waals surface area contributed by atoms with E-state index in [0.717, 1.165) is 70.1 Å². The van der Waals surface area contributed by atoms with E-state index >= 15 is 0 Å². The van der Waals surface area contributed by atoms with Crippen LogP contribution in [0.4, 0.5) is 0 Å². The topological polar surface area (TPSA) is 52.8 Å². The van der Waals surface area contributed by atoms with Crippen LogP contribution in [-0.4, -0.2) is 71.6 Å². The molecule has 0 aromatic carbocycles. The number of hydrogen-bond acceptors (Lipinski definition) is 5. The van der Waals surface area contributed by atoms with E-state index in [0.29, 0.717) is 12.5 Å². The van der Waals surface area contributed by atoms with Gasteiger partial charge in [0, 0.05) is 51.4 Å². The van der Waals surface area contributed by atoms with Crippen LogP contribution in [0.5, 0.6) is 0 Å². The number of aryl methyl sites for hydroxylation is 2. The van der Waals surface area contributed by atoms with Gasteiger partial charge in [-0.2, -0.15) is 0 Å². The zero-order valence-corrected chi connectivity index (χ0v) is 13.7. The molecule has 2 fully saturated rings. The van der Waals surface area contributed by atoms with Gasteiger partial charge < -0.3 is 9.42 Å². The first-order valence-corrected chi connectivity index (χ1v) is 8.27. The quantitative estimate of drug-likeness (QED) is 0.832. The normalized spacial score (nSPS) is 20.7. The van der Waals surface area contributed by atoms with Gasteiger partial charge in [-0.05, 0) is 26.7 Å². The van der Waals surface area contributed by atoms with Gasteiger partial charge in [-0.25, -0.2) is 0 Å². The van der Waals surface area contributed by atoms with Crippen molar-refractivity contribution in [2.24, 2.45) is 0 Å². The predicted octanol–water partition coefficient (Wildman–Crippen LogP) is 1.03. The van der Waals surface area contributed by atoms with Crippen LogP contribution in [0, 0.1) is 13.8 Å². The SMILES string of the molecule is Cc1noc(C)c1CN1CCN(CC(=O)N2CCCC2)CC1. The molecule has 3 rings (SSSR count). The molecule has 1 amide bonds. The number of likely N-dealkylation sites (tertiary alicyclic amines) is 1. The van der Waals surface area contributed by atoms with Gasteiger partial charge in [-0.15, -0.1) is 0 Å². The number of amides is 1. The Bertz CT molecular complexity index is 495. The number of aromatic nitrogens is 1. The minimum Gasteiger partial charge on any atom is -0.361 e. The maximum absolute atomic E-state index is 12.2. The Hall–Kier alpha value is -1.40. The van der Waals surface area contributed by atoms with Crippen LogP contribution < -0.4 is 0 Å². The average Bonchev–Trinajstić information content (AvgIpc) is 3.15. The van der Waals surface area contributed by atoms with E-state index in [1.165, 1.54) is 5.56 Å².